The third-order valence-electron chi connectivity index (χ3n) is 5.26. The quantitative estimate of drug-likeness (QED) is 0.722. The molecule has 2 heterocycles. The van der Waals surface area contributed by atoms with E-state index in [1.165, 1.54) is 12.0 Å². The summed E-state index contributed by atoms with van der Waals surface area (Å²) < 4.78 is 0. The molecule has 4 aliphatic rings. The largest absolute Gasteiger partial charge is 0.189 e. The fourth-order valence-electron chi connectivity index (χ4n) is 4.50. The normalized spacial score (nSPS) is 50.1. The average molecular weight is 238 g/mol. The van der Waals surface area contributed by atoms with Crippen LogP contribution >= 0.6 is 0 Å². The van der Waals surface area contributed by atoms with Crippen LogP contribution in [0.15, 0.2) is 50.8 Å². The minimum Gasteiger partial charge on any atom is -0.189 e. The highest BCUT2D eigenvalue weighted by atomic mass is 15.3. The molecule has 4 heteroatoms. The lowest BCUT2D eigenvalue weighted by molar-refractivity contribution is 0.189. The highest BCUT2D eigenvalue weighted by Gasteiger charge is 2.65. The smallest absolute Gasteiger partial charge is 0.101 e. The second-order valence-electron chi connectivity index (χ2n) is 5.93. The number of benzene rings is 1. The molecule has 7 atom stereocenters. The van der Waals surface area contributed by atoms with E-state index in [0.29, 0.717) is 35.9 Å². The lowest BCUT2D eigenvalue weighted by Crippen LogP contribution is -2.46. The van der Waals surface area contributed by atoms with Crippen molar-refractivity contribution in [2.45, 2.75) is 30.6 Å². The molecule has 2 aliphatic heterocycles. The van der Waals surface area contributed by atoms with E-state index in [9.17, 15) is 0 Å². The number of nitrogens with zero attached hydrogens (tertiary/aromatic N) is 4. The Balaban J connectivity index is 1.55. The number of hydrogen-bond acceptors (Lipinski definition) is 4. The van der Waals surface area contributed by atoms with E-state index < -0.39 is 0 Å². The molecule has 0 spiro atoms. The van der Waals surface area contributed by atoms with Crippen LogP contribution in [0.1, 0.15) is 18.0 Å². The van der Waals surface area contributed by atoms with Crippen LogP contribution in [0, 0.1) is 17.8 Å². The van der Waals surface area contributed by atoms with Crippen LogP contribution in [-0.2, 0) is 0 Å². The van der Waals surface area contributed by atoms with E-state index >= 15 is 0 Å². The van der Waals surface area contributed by atoms with Gasteiger partial charge in [-0.05, 0) is 17.9 Å². The molecule has 0 saturated heterocycles. The van der Waals surface area contributed by atoms with E-state index in [-0.39, 0.29) is 6.04 Å². The minimum absolute atomic E-state index is 0.267. The SMILES string of the molecule is c1ccc(C2N=NC3C2[C@@H]2C[C@H]3[C@H]3N=N[C@H]32)cc1. The molecule has 1 aromatic carbocycles. The fourth-order valence-corrected chi connectivity index (χ4v) is 4.50. The summed E-state index contributed by atoms with van der Waals surface area (Å²) in [6.07, 6.45) is 1.26. The average Bonchev–Trinajstić information content (AvgIpc) is 2.98. The molecule has 2 fully saturated rings. The Morgan fingerprint density at radius 1 is 0.778 bits per heavy atom. The zero-order chi connectivity index (χ0) is 11.7. The molecule has 5 rings (SSSR count). The van der Waals surface area contributed by atoms with Crippen LogP contribution in [0.2, 0.25) is 0 Å². The maximum atomic E-state index is 4.58. The van der Waals surface area contributed by atoms with Gasteiger partial charge in [0.05, 0.1) is 12.1 Å². The molecule has 18 heavy (non-hydrogen) atoms. The monoisotopic (exact) mass is 238 g/mol. The van der Waals surface area contributed by atoms with Gasteiger partial charge in [-0.25, -0.2) is 0 Å². The molecule has 0 amide bonds. The second kappa shape index (κ2) is 3.05. The third kappa shape index (κ3) is 0.945. The van der Waals surface area contributed by atoms with Gasteiger partial charge < -0.3 is 0 Å². The standard InChI is InChI=1S/C14H14N4/c1-2-4-7(5-3-1)11-10-8-6-9(12(10)16-15-11)14-13(8)17-18-14/h1-5,8-14H,6H2/t8-,9+,10?,11?,12?,13-,14+/m0/s1. The van der Waals surface area contributed by atoms with Crippen LogP contribution in [0.5, 0.6) is 0 Å². The van der Waals surface area contributed by atoms with Gasteiger partial charge in [0.25, 0.3) is 0 Å². The lowest BCUT2D eigenvalue weighted by atomic mass is 9.74. The summed E-state index contributed by atoms with van der Waals surface area (Å²) in [6.45, 7) is 0. The molecular weight excluding hydrogens is 224 g/mol. The van der Waals surface area contributed by atoms with Crippen LogP contribution in [0.25, 0.3) is 0 Å². The van der Waals surface area contributed by atoms with E-state index in [1.807, 2.05) is 0 Å². The van der Waals surface area contributed by atoms with Crippen molar-refractivity contribution in [2.75, 3.05) is 0 Å². The van der Waals surface area contributed by atoms with Crippen molar-refractivity contribution in [1.29, 1.82) is 0 Å². The summed E-state index contributed by atoms with van der Waals surface area (Å²) in [6, 6.07) is 12.3. The van der Waals surface area contributed by atoms with Crippen molar-refractivity contribution in [3.8, 4) is 0 Å². The topological polar surface area (TPSA) is 49.4 Å². The summed E-state index contributed by atoms with van der Waals surface area (Å²) in [4.78, 5) is 0. The van der Waals surface area contributed by atoms with Gasteiger partial charge in [0.2, 0.25) is 0 Å². The Morgan fingerprint density at radius 2 is 1.50 bits per heavy atom. The summed E-state index contributed by atoms with van der Waals surface area (Å²) in [5.41, 5.74) is 1.31. The number of hydrogen-bond donors (Lipinski definition) is 0. The van der Waals surface area contributed by atoms with E-state index in [4.69, 9.17) is 0 Å². The van der Waals surface area contributed by atoms with Gasteiger partial charge in [-0.2, -0.15) is 20.5 Å². The van der Waals surface area contributed by atoms with Gasteiger partial charge in [0.1, 0.15) is 12.1 Å². The van der Waals surface area contributed by atoms with E-state index in [0.717, 1.165) is 0 Å². The van der Waals surface area contributed by atoms with Crippen LogP contribution in [0.4, 0.5) is 0 Å². The van der Waals surface area contributed by atoms with Gasteiger partial charge in [-0.1, -0.05) is 30.3 Å². The number of fused-ring (bicyclic) bond motifs is 8. The highest BCUT2D eigenvalue weighted by molar-refractivity contribution is 5.27. The third-order valence-corrected chi connectivity index (χ3v) is 5.26. The van der Waals surface area contributed by atoms with E-state index in [2.05, 4.69) is 50.8 Å². The van der Waals surface area contributed by atoms with Crippen LogP contribution < -0.4 is 0 Å². The molecular formula is C14H14N4. The van der Waals surface area contributed by atoms with Crippen molar-refractivity contribution >= 4 is 0 Å². The molecule has 1 aromatic rings. The lowest BCUT2D eigenvalue weighted by Gasteiger charge is -2.37. The maximum Gasteiger partial charge on any atom is 0.101 e. The fraction of sp³-hybridized carbons (Fsp3) is 0.571. The first-order valence-electron chi connectivity index (χ1n) is 6.78. The van der Waals surface area contributed by atoms with Crippen molar-refractivity contribution in [2.24, 2.45) is 38.2 Å². The van der Waals surface area contributed by atoms with Crippen molar-refractivity contribution < 1.29 is 0 Å². The molecule has 0 N–H and O–H groups in total. The van der Waals surface area contributed by atoms with Gasteiger partial charge in [0.15, 0.2) is 0 Å². The van der Waals surface area contributed by atoms with Gasteiger partial charge in [0, 0.05) is 11.8 Å². The van der Waals surface area contributed by atoms with Crippen LogP contribution in [0.3, 0.4) is 0 Å². The predicted molar refractivity (Wildman–Crippen MR) is 65.3 cm³/mol. The summed E-state index contributed by atoms with van der Waals surface area (Å²) in [5.74, 6) is 1.88. The molecule has 0 radical (unpaired) electrons. The summed E-state index contributed by atoms with van der Waals surface area (Å²) in [7, 11) is 0. The number of rotatable bonds is 1. The van der Waals surface area contributed by atoms with Crippen molar-refractivity contribution in [3.05, 3.63) is 35.9 Å². The van der Waals surface area contributed by atoms with Crippen molar-refractivity contribution in [1.82, 2.24) is 0 Å². The number of azo groups is 2. The first-order chi connectivity index (χ1) is 8.93. The Bertz CT molecular complexity index is 552. The van der Waals surface area contributed by atoms with Gasteiger partial charge in [-0.15, -0.1) is 0 Å². The Kier molecular flexibility index (Phi) is 1.59. The zero-order valence-corrected chi connectivity index (χ0v) is 9.92. The van der Waals surface area contributed by atoms with Gasteiger partial charge >= 0.3 is 0 Å². The highest BCUT2D eigenvalue weighted by Crippen LogP contribution is 2.61. The molecule has 2 bridgehead atoms. The molecule has 0 aromatic heterocycles. The Labute approximate surface area is 105 Å². The Hall–Kier alpha value is -1.58. The maximum absolute atomic E-state index is 4.58. The van der Waals surface area contributed by atoms with E-state index in [1.54, 1.807) is 0 Å². The Morgan fingerprint density at radius 3 is 2.28 bits per heavy atom. The zero-order valence-electron chi connectivity index (χ0n) is 9.92. The van der Waals surface area contributed by atoms with Crippen LogP contribution in [-0.4, -0.2) is 18.1 Å². The molecule has 90 valence electrons. The summed E-state index contributed by atoms with van der Waals surface area (Å²) >= 11 is 0. The summed E-state index contributed by atoms with van der Waals surface area (Å²) in [5, 5.41) is 17.8. The second-order valence-corrected chi connectivity index (χ2v) is 5.93. The first kappa shape index (κ1) is 9.36. The van der Waals surface area contributed by atoms with Crippen molar-refractivity contribution in [3.63, 3.8) is 0 Å². The van der Waals surface area contributed by atoms with Gasteiger partial charge in [-0.3, -0.25) is 0 Å². The molecule has 3 unspecified atom stereocenters. The predicted octanol–water partition coefficient (Wildman–Crippen LogP) is 3.03. The molecule has 2 saturated carbocycles. The first-order valence-corrected chi connectivity index (χ1v) is 6.78. The minimum atomic E-state index is 0.267. The molecule has 2 aliphatic carbocycles. The molecule has 4 nitrogen and oxygen atoms in total.